The number of sulfone groups is 1. The predicted octanol–water partition coefficient (Wildman–Crippen LogP) is 3.56. The number of rotatable bonds is 8. The van der Waals surface area contributed by atoms with Gasteiger partial charge in [-0.3, -0.25) is 0 Å². The number of ether oxygens (including phenoxy) is 1. The Labute approximate surface area is 126 Å². The van der Waals surface area contributed by atoms with Crippen LogP contribution in [-0.4, -0.2) is 38.0 Å². The van der Waals surface area contributed by atoms with Crippen molar-refractivity contribution in [1.82, 2.24) is 0 Å². The molecule has 0 saturated carbocycles. The van der Waals surface area contributed by atoms with Crippen LogP contribution in [0.3, 0.4) is 0 Å². The molecule has 0 amide bonds. The first kappa shape index (κ1) is 17.4. The molecular weight excluding hydrogens is 328 g/mol. The van der Waals surface area contributed by atoms with E-state index in [-0.39, 0.29) is 10.7 Å². The highest BCUT2D eigenvalue weighted by Crippen LogP contribution is 2.35. The van der Waals surface area contributed by atoms with E-state index in [1.54, 1.807) is 0 Å². The summed E-state index contributed by atoms with van der Waals surface area (Å²) in [6.07, 6.45) is 5.37. The molecule has 1 saturated heterocycles. The highest BCUT2D eigenvalue weighted by Gasteiger charge is 2.37. The molecule has 0 bridgehead atoms. The molecule has 0 N–H and O–H groups in total. The normalized spacial score (nSPS) is 18.7. The standard InChI is InChI=1S/C14H27BrO3S/c1-3-7-14(11-15,8-4-2)12-19(16,17)13-5-9-18-10-6-13/h13H,3-12H2,1-2H3. The Balaban J connectivity index is 2.80. The van der Waals surface area contributed by atoms with E-state index >= 15 is 0 Å². The summed E-state index contributed by atoms with van der Waals surface area (Å²) in [5.41, 5.74) is -0.0827. The Hall–Kier alpha value is 0.390. The maximum Gasteiger partial charge on any atom is 0.153 e. The molecule has 0 aromatic heterocycles. The van der Waals surface area contributed by atoms with Crippen LogP contribution in [0.2, 0.25) is 0 Å². The monoisotopic (exact) mass is 354 g/mol. The number of halogens is 1. The summed E-state index contributed by atoms with van der Waals surface area (Å²) in [5, 5.41) is 0.595. The summed E-state index contributed by atoms with van der Waals surface area (Å²) in [5.74, 6) is 0.331. The minimum Gasteiger partial charge on any atom is -0.381 e. The third-order valence-corrected chi connectivity index (χ3v) is 7.72. The molecule has 3 nitrogen and oxygen atoms in total. The van der Waals surface area contributed by atoms with Crippen LogP contribution in [0.25, 0.3) is 0 Å². The van der Waals surface area contributed by atoms with Gasteiger partial charge in [-0.1, -0.05) is 42.6 Å². The third-order valence-electron chi connectivity index (χ3n) is 4.03. The van der Waals surface area contributed by atoms with Gasteiger partial charge in [-0.05, 0) is 31.1 Å². The minimum atomic E-state index is -3.01. The van der Waals surface area contributed by atoms with Crippen molar-refractivity contribution in [2.45, 2.75) is 57.6 Å². The van der Waals surface area contributed by atoms with Crippen LogP contribution in [0.4, 0.5) is 0 Å². The number of alkyl halides is 1. The molecule has 5 heteroatoms. The van der Waals surface area contributed by atoms with Gasteiger partial charge in [-0.2, -0.15) is 0 Å². The topological polar surface area (TPSA) is 43.4 Å². The van der Waals surface area contributed by atoms with E-state index in [2.05, 4.69) is 29.8 Å². The van der Waals surface area contributed by atoms with Crippen LogP contribution in [0, 0.1) is 5.41 Å². The summed E-state index contributed by atoms with van der Waals surface area (Å²) < 4.78 is 30.5. The molecule has 0 spiro atoms. The maximum atomic E-state index is 12.6. The molecule has 1 heterocycles. The maximum absolute atomic E-state index is 12.6. The lowest BCUT2D eigenvalue weighted by Gasteiger charge is -2.33. The summed E-state index contributed by atoms with van der Waals surface area (Å²) in [4.78, 5) is 0. The molecule has 1 aliphatic heterocycles. The van der Waals surface area contributed by atoms with E-state index in [0.717, 1.165) is 31.0 Å². The average molecular weight is 355 g/mol. The van der Waals surface area contributed by atoms with Crippen LogP contribution >= 0.6 is 15.9 Å². The largest absolute Gasteiger partial charge is 0.381 e. The van der Waals surface area contributed by atoms with Gasteiger partial charge in [-0.15, -0.1) is 0 Å². The van der Waals surface area contributed by atoms with Gasteiger partial charge in [0, 0.05) is 18.5 Å². The average Bonchev–Trinajstić information content (AvgIpc) is 2.40. The van der Waals surface area contributed by atoms with Crippen molar-refractivity contribution in [1.29, 1.82) is 0 Å². The minimum absolute atomic E-state index is 0.0827. The number of hydrogen-bond donors (Lipinski definition) is 0. The molecule has 0 aromatic rings. The van der Waals surface area contributed by atoms with Crippen molar-refractivity contribution in [2.75, 3.05) is 24.3 Å². The van der Waals surface area contributed by atoms with Gasteiger partial charge in [0.1, 0.15) is 0 Å². The zero-order valence-corrected chi connectivity index (χ0v) is 14.6. The molecule has 0 aromatic carbocycles. The van der Waals surface area contributed by atoms with Crippen LogP contribution in [0.15, 0.2) is 0 Å². The molecule has 114 valence electrons. The first-order valence-corrected chi connectivity index (χ1v) is 10.2. The van der Waals surface area contributed by atoms with E-state index in [4.69, 9.17) is 4.74 Å². The van der Waals surface area contributed by atoms with Crippen molar-refractivity contribution >= 4 is 25.8 Å². The molecule has 1 rings (SSSR count). The fourth-order valence-electron chi connectivity index (χ4n) is 3.08. The molecule has 1 aliphatic rings. The molecule has 1 fully saturated rings. The zero-order valence-electron chi connectivity index (χ0n) is 12.2. The van der Waals surface area contributed by atoms with Gasteiger partial charge in [-0.25, -0.2) is 8.42 Å². The fourth-order valence-corrected chi connectivity index (χ4v) is 6.49. The first-order chi connectivity index (χ1) is 8.99. The lowest BCUT2D eigenvalue weighted by Crippen LogP contribution is -2.39. The summed E-state index contributed by atoms with van der Waals surface area (Å²) in [6.45, 7) is 5.45. The Morgan fingerprint density at radius 3 is 2.11 bits per heavy atom. The van der Waals surface area contributed by atoms with Crippen LogP contribution < -0.4 is 0 Å². The summed E-state index contributed by atoms with van der Waals surface area (Å²) in [7, 11) is -3.01. The van der Waals surface area contributed by atoms with E-state index in [1.807, 2.05) is 0 Å². The molecule has 0 aliphatic carbocycles. The van der Waals surface area contributed by atoms with Crippen molar-refractivity contribution in [3.05, 3.63) is 0 Å². The predicted molar refractivity (Wildman–Crippen MR) is 83.7 cm³/mol. The van der Waals surface area contributed by atoms with Crippen molar-refractivity contribution in [3.63, 3.8) is 0 Å². The van der Waals surface area contributed by atoms with Crippen LogP contribution in [0.1, 0.15) is 52.4 Å². The van der Waals surface area contributed by atoms with Crippen molar-refractivity contribution in [2.24, 2.45) is 5.41 Å². The Kier molecular flexibility index (Phi) is 7.33. The second-order valence-corrected chi connectivity index (χ2v) is 8.59. The van der Waals surface area contributed by atoms with Gasteiger partial charge in [0.25, 0.3) is 0 Å². The van der Waals surface area contributed by atoms with Crippen molar-refractivity contribution < 1.29 is 13.2 Å². The second-order valence-electron chi connectivity index (χ2n) is 5.75. The molecule has 0 radical (unpaired) electrons. The smallest absolute Gasteiger partial charge is 0.153 e. The van der Waals surface area contributed by atoms with Gasteiger partial charge in [0.05, 0.1) is 11.0 Å². The third kappa shape index (κ3) is 5.01. The van der Waals surface area contributed by atoms with E-state index in [0.29, 0.717) is 31.8 Å². The van der Waals surface area contributed by atoms with E-state index in [9.17, 15) is 8.42 Å². The first-order valence-electron chi connectivity index (χ1n) is 7.35. The Bertz CT molecular complexity index is 342. The van der Waals surface area contributed by atoms with E-state index in [1.165, 1.54) is 0 Å². The SMILES string of the molecule is CCCC(CBr)(CCC)CS(=O)(=O)C1CCOCC1. The van der Waals surface area contributed by atoms with Gasteiger partial charge in [0.15, 0.2) is 9.84 Å². The van der Waals surface area contributed by atoms with Gasteiger partial charge < -0.3 is 4.74 Å². The highest BCUT2D eigenvalue weighted by atomic mass is 79.9. The molecule has 19 heavy (non-hydrogen) atoms. The molecule has 0 unspecified atom stereocenters. The second kappa shape index (κ2) is 7.99. The van der Waals surface area contributed by atoms with E-state index < -0.39 is 9.84 Å². The van der Waals surface area contributed by atoms with Crippen LogP contribution in [0.5, 0.6) is 0 Å². The summed E-state index contributed by atoms with van der Waals surface area (Å²) in [6, 6.07) is 0. The molecular formula is C14H27BrO3S. The zero-order chi connectivity index (χ0) is 14.4. The Morgan fingerprint density at radius 2 is 1.68 bits per heavy atom. The van der Waals surface area contributed by atoms with Gasteiger partial charge >= 0.3 is 0 Å². The summed E-state index contributed by atoms with van der Waals surface area (Å²) >= 11 is 3.56. The lowest BCUT2D eigenvalue weighted by atomic mass is 9.83. The Morgan fingerprint density at radius 1 is 1.16 bits per heavy atom. The number of hydrogen-bond acceptors (Lipinski definition) is 3. The van der Waals surface area contributed by atoms with Crippen LogP contribution in [-0.2, 0) is 14.6 Å². The lowest BCUT2D eigenvalue weighted by molar-refractivity contribution is 0.0981. The van der Waals surface area contributed by atoms with Gasteiger partial charge in [0.2, 0.25) is 0 Å². The molecule has 0 atom stereocenters. The van der Waals surface area contributed by atoms with Crippen molar-refractivity contribution in [3.8, 4) is 0 Å². The quantitative estimate of drug-likeness (QED) is 0.626. The fraction of sp³-hybridized carbons (Fsp3) is 1.00. The highest BCUT2D eigenvalue weighted by molar-refractivity contribution is 9.09.